The topological polar surface area (TPSA) is 29.3 Å². The number of hydrogen-bond acceptors (Lipinski definition) is 2. The monoisotopic (exact) mass is 232 g/mol. The van der Waals surface area contributed by atoms with Gasteiger partial charge in [0.25, 0.3) is 0 Å². The van der Waals surface area contributed by atoms with Crippen molar-refractivity contribution < 1.29 is 0 Å². The number of rotatable bonds is 3. The lowest BCUT2D eigenvalue weighted by Gasteiger charge is -2.28. The second-order valence-electron chi connectivity index (χ2n) is 5.24. The van der Waals surface area contributed by atoms with E-state index in [0.717, 1.165) is 0 Å². The van der Waals surface area contributed by atoms with Crippen LogP contribution in [0.5, 0.6) is 0 Å². The lowest BCUT2D eigenvalue weighted by Crippen LogP contribution is -2.39. The van der Waals surface area contributed by atoms with Gasteiger partial charge in [0, 0.05) is 12.6 Å². The zero-order valence-electron chi connectivity index (χ0n) is 9.87. The number of likely N-dealkylation sites (tertiary alicyclic amines) is 1. The number of hydrogen-bond donors (Lipinski definition) is 1. The van der Waals surface area contributed by atoms with E-state index in [1.54, 1.807) is 0 Å². The fourth-order valence-corrected chi connectivity index (χ4v) is 3.23. The van der Waals surface area contributed by atoms with Crippen LogP contribution in [0.15, 0.2) is 0 Å². The third kappa shape index (κ3) is 2.66. The number of halogens is 1. The molecule has 2 unspecified atom stereocenters. The summed E-state index contributed by atoms with van der Waals surface area (Å²) in [5.74, 6) is 0. The van der Waals surface area contributed by atoms with Crippen molar-refractivity contribution >= 4 is 12.4 Å². The maximum absolute atomic E-state index is 6.24. The van der Waals surface area contributed by atoms with Crippen LogP contribution in [0, 0.1) is 5.41 Å². The van der Waals surface area contributed by atoms with Crippen LogP contribution in [0.1, 0.15) is 45.4 Å². The summed E-state index contributed by atoms with van der Waals surface area (Å²) in [6.45, 7) is 6.15. The highest BCUT2D eigenvalue weighted by atomic mass is 35.5. The summed E-state index contributed by atoms with van der Waals surface area (Å²) in [5.41, 5.74) is 6.76. The Hall–Kier alpha value is 0.210. The molecule has 15 heavy (non-hydrogen) atoms. The second-order valence-corrected chi connectivity index (χ2v) is 5.24. The molecule has 0 bridgehead atoms. The zero-order chi connectivity index (χ0) is 10.0. The largest absolute Gasteiger partial charge is 0.327 e. The van der Waals surface area contributed by atoms with Crippen molar-refractivity contribution in [1.29, 1.82) is 0 Å². The maximum Gasteiger partial charge on any atom is 0.0108 e. The quantitative estimate of drug-likeness (QED) is 0.810. The molecule has 1 aliphatic carbocycles. The Morgan fingerprint density at radius 3 is 2.80 bits per heavy atom. The minimum absolute atomic E-state index is 0. The Bertz CT molecular complexity index is 198. The minimum atomic E-state index is 0. The molecule has 1 saturated heterocycles. The van der Waals surface area contributed by atoms with Gasteiger partial charge in [-0.3, -0.25) is 0 Å². The van der Waals surface area contributed by atoms with E-state index in [4.69, 9.17) is 5.73 Å². The second kappa shape index (κ2) is 5.51. The fraction of sp³-hybridized carbons (Fsp3) is 1.00. The van der Waals surface area contributed by atoms with Crippen LogP contribution in [0.25, 0.3) is 0 Å². The van der Waals surface area contributed by atoms with Crippen LogP contribution >= 0.6 is 12.4 Å². The molecular weight excluding hydrogens is 208 g/mol. The van der Waals surface area contributed by atoms with E-state index in [9.17, 15) is 0 Å². The molecule has 2 rings (SSSR count). The van der Waals surface area contributed by atoms with Crippen LogP contribution in [-0.2, 0) is 0 Å². The predicted octanol–water partition coefficient (Wildman–Crippen LogP) is 2.41. The van der Waals surface area contributed by atoms with Gasteiger partial charge in [0.2, 0.25) is 0 Å². The number of nitrogens with zero attached hydrogens (tertiary/aromatic N) is 1. The van der Waals surface area contributed by atoms with Gasteiger partial charge in [0.15, 0.2) is 0 Å². The van der Waals surface area contributed by atoms with Gasteiger partial charge < -0.3 is 10.6 Å². The van der Waals surface area contributed by atoms with Gasteiger partial charge in [0.1, 0.15) is 0 Å². The van der Waals surface area contributed by atoms with Gasteiger partial charge in [-0.25, -0.2) is 0 Å². The van der Waals surface area contributed by atoms with Crippen molar-refractivity contribution in [2.45, 2.75) is 51.5 Å². The fourth-order valence-electron chi connectivity index (χ4n) is 3.23. The first-order chi connectivity index (χ1) is 6.77. The van der Waals surface area contributed by atoms with Crippen molar-refractivity contribution in [1.82, 2.24) is 4.90 Å². The highest BCUT2D eigenvalue weighted by molar-refractivity contribution is 5.85. The smallest absolute Gasteiger partial charge is 0.0108 e. The average Bonchev–Trinajstić information content (AvgIpc) is 2.74. The molecule has 2 nitrogen and oxygen atoms in total. The van der Waals surface area contributed by atoms with Crippen molar-refractivity contribution in [2.24, 2.45) is 11.1 Å². The molecule has 1 saturated carbocycles. The van der Waals surface area contributed by atoms with Crippen molar-refractivity contribution in [2.75, 3.05) is 19.6 Å². The summed E-state index contributed by atoms with van der Waals surface area (Å²) < 4.78 is 0. The number of nitrogens with two attached hydrogens (primary N) is 1. The van der Waals surface area contributed by atoms with Crippen LogP contribution in [-0.4, -0.2) is 30.6 Å². The Balaban J connectivity index is 0.00000112. The summed E-state index contributed by atoms with van der Waals surface area (Å²) in [6, 6.07) is 0.495. The predicted molar refractivity (Wildman–Crippen MR) is 67.5 cm³/mol. The molecule has 2 fully saturated rings. The molecule has 0 amide bonds. The van der Waals surface area contributed by atoms with E-state index >= 15 is 0 Å². The highest BCUT2D eigenvalue weighted by Crippen LogP contribution is 2.44. The summed E-state index contributed by atoms with van der Waals surface area (Å²) in [5, 5.41) is 0. The van der Waals surface area contributed by atoms with E-state index < -0.39 is 0 Å². The molecule has 2 atom stereocenters. The van der Waals surface area contributed by atoms with Crippen LogP contribution < -0.4 is 5.73 Å². The van der Waals surface area contributed by atoms with Crippen molar-refractivity contribution in [3.8, 4) is 0 Å². The van der Waals surface area contributed by atoms with Gasteiger partial charge in [-0.1, -0.05) is 19.8 Å². The molecule has 0 aromatic rings. The van der Waals surface area contributed by atoms with Gasteiger partial charge in [0.05, 0.1) is 0 Å². The van der Waals surface area contributed by atoms with Gasteiger partial charge in [-0.2, -0.15) is 0 Å². The van der Waals surface area contributed by atoms with Gasteiger partial charge in [-0.15, -0.1) is 12.4 Å². The molecule has 0 radical (unpaired) electrons. The first kappa shape index (κ1) is 13.3. The maximum atomic E-state index is 6.24. The van der Waals surface area contributed by atoms with Crippen LogP contribution in [0.3, 0.4) is 0 Å². The molecule has 90 valence electrons. The van der Waals surface area contributed by atoms with Gasteiger partial charge in [-0.05, 0) is 44.2 Å². The summed E-state index contributed by atoms with van der Waals surface area (Å²) in [4.78, 5) is 2.63. The summed E-state index contributed by atoms with van der Waals surface area (Å²) in [7, 11) is 0. The van der Waals surface area contributed by atoms with E-state index in [1.165, 1.54) is 58.2 Å². The third-order valence-corrected chi connectivity index (χ3v) is 4.27. The van der Waals surface area contributed by atoms with Gasteiger partial charge >= 0.3 is 0 Å². The molecule has 0 aromatic carbocycles. The average molecular weight is 233 g/mol. The van der Waals surface area contributed by atoms with E-state index in [2.05, 4.69) is 11.8 Å². The molecule has 0 aromatic heterocycles. The van der Waals surface area contributed by atoms with Crippen molar-refractivity contribution in [3.63, 3.8) is 0 Å². The SMILES string of the molecule is CCCCN1CCC2(CCCC2N)C1.Cl. The first-order valence-electron chi connectivity index (χ1n) is 6.25. The lowest BCUT2D eigenvalue weighted by molar-refractivity contribution is 0.237. The van der Waals surface area contributed by atoms with Crippen LogP contribution in [0.4, 0.5) is 0 Å². The van der Waals surface area contributed by atoms with E-state index in [1.807, 2.05) is 0 Å². The molecule has 2 N–H and O–H groups in total. The Labute approximate surface area is 100.0 Å². The Morgan fingerprint density at radius 1 is 1.40 bits per heavy atom. The molecule has 1 spiro atoms. The minimum Gasteiger partial charge on any atom is -0.327 e. The first-order valence-corrected chi connectivity index (χ1v) is 6.25. The third-order valence-electron chi connectivity index (χ3n) is 4.27. The summed E-state index contributed by atoms with van der Waals surface area (Å²) in [6.07, 6.45) is 8.04. The zero-order valence-corrected chi connectivity index (χ0v) is 10.7. The van der Waals surface area contributed by atoms with Crippen molar-refractivity contribution in [3.05, 3.63) is 0 Å². The molecule has 1 heterocycles. The molecular formula is C12H25ClN2. The molecule has 1 aliphatic heterocycles. The molecule has 2 aliphatic rings. The lowest BCUT2D eigenvalue weighted by atomic mass is 9.82. The highest BCUT2D eigenvalue weighted by Gasteiger charge is 2.45. The van der Waals surface area contributed by atoms with Crippen LogP contribution in [0.2, 0.25) is 0 Å². The van der Waals surface area contributed by atoms with E-state index in [0.29, 0.717) is 11.5 Å². The normalized spacial score (nSPS) is 36.0. The Kier molecular flexibility index (Phi) is 4.88. The molecule has 3 heteroatoms. The number of unbranched alkanes of at least 4 members (excludes halogenated alkanes) is 1. The summed E-state index contributed by atoms with van der Waals surface area (Å²) >= 11 is 0. The van der Waals surface area contributed by atoms with E-state index in [-0.39, 0.29) is 12.4 Å². The standard InChI is InChI=1S/C12H24N2.ClH/c1-2-3-8-14-9-7-12(10-14)6-4-5-11(12)13;/h11H,2-10,13H2,1H3;1H. The Morgan fingerprint density at radius 2 is 2.20 bits per heavy atom.